The predicted molar refractivity (Wildman–Crippen MR) is 114 cm³/mol. The zero-order chi connectivity index (χ0) is 21.1. The molecule has 2 aromatic rings. The number of benzene rings is 2. The molecule has 7 heteroatoms. The van der Waals surface area contributed by atoms with Crippen LogP contribution in [0.4, 0.5) is 10.1 Å². The quantitative estimate of drug-likeness (QED) is 0.578. The summed E-state index contributed by atoms with van der Waals surface area (Å²) in [5, 5.41) is 3.57. The van der Waals surface area contributed by atoms with E-state index in [1.54, 1.807) is 30.9 Å². The van der Waals surface area contributed by atoms with E-state index in [1.807, 2.05) is 31.2 Å². The van der Waals surface area contributed by atoms with E-state index < -0.39 is 12.0 Å². The van der Waals surface area contributed by atoms with Gasteiger partial charge in [-0.25, -0.2) is 9.18 Å². The average Bonchev–Trinajstić information content (AvgIpc) is 2.70. The first-order chi connectivity index (χ1) is 13.9. The third kappa shape index (κ3) is 4.10. The molecule has 152 valence electrons. The van der Waals surface area contributed by atoms with Crippen molar-refractivity contribution in [2.75, 3.05) is 18.6 Å². The fraction of sp³-hybridized carbons (Fsp3) is 0.273. The summed E-state index contributed by atoms with van der Waals surface area (Å²) >= 11 is 5.56. The zero-order valence-electron chi connectivity index (χ0n) is 16.8. The van der Waals surface area contributed by atoms with Gasteiger partial charge < -0.3 is 14.8 Å². The molecule has 0 amide bonds. The van der Waals surface area contributed by atoms with Crippen molar-refractivity contribution in [3.8, 4) is 5.75 Å². The van der Waals surface area contributed by atoms with E-state index in [9.17, 15) is 9.18 Å². The van der Waals surface area contributed by atoms with E-state index in [0.29, 0.717) is 34.2 Å². The molecule has 2 aromatic carbocycles. The number of hydrogen-bond acceptors (Lipinski definition) is 4. The van der Waals surface area contributed by atoms with Gasteiger partial charge in [0.1, 0.15) is 11.6 Å². The molecule has 1 unspecified atom stereocenters. The predicted octanol–water partition coefficient (Wildman–Crippen LogP) is 4.42. The van der Waals surface area contributed by atoms with Gasteiger partial charge in [-0.1, -0.05) is 18.2 Å². The van der Waals surface area contributed by atoms with Crippen molar-refractivity contribution in [2.45, 2.75) is 26.8 Å². The maximum absolute atomic E-state index is 14.1. The Hall–Kier alpha value is -2.93. The number of aryl methyl sites for hydroxylation is 1. The van der Waals surface area contributed by atoms with E-state index in [0.717, 1.165) is 11.3 Å². The summed E-state index contributed by atoms with van der Waals surface area (Å²) in [4.78, 5) is 14.3. The number of carbonyl (C=O) groups is 1. The van der Waals surface area contributed by atoms with Crippen molar-refractivity contribution < 1.29 is 18.7 Å². The normalized spacial score (nSPS) is 16.5. The Morgan fingerprint density at radius 1 is 1.21 bits per heavy atom. The van der Waals surface area contributed by atoms with Gasteiger partial charge in [0.2, 0.25) is 0 Å². The summed E-state index contributed by atoms with van der Waals surface area (Å²) in [5.74, 6) is -0.0768. The molecule has 1 atom stereocenters. The molecule has 1 N–H and O–H groups in total. The monoisotopic (exact) mass is 414 g/mol. The van der Waals surface area contributed by atoms with Crippen LogP contribution in [0.2, 0.25) is 0 Å². The molecule has 1 aliphatic rings. The first kappa shape index (κ1) is 20.8. The minimum absolute atomic E-state index is 0.341. The van der Waals surface area contributed by atoms with Gasteiger partial charge in [-0.3, -0.25) is 4.90 Å². The number of rotatable bonds is 5. The van der Waals surface area contributed by atoms with Crippen molar-refractivity contribution in [3.63, 3.8) is 0 Å². The maximum atomic E-state index is 14.1. The van der Waals surface area contributed by atoms with E-state index in [4.69, 9.17) is 21.7 Å². The van der Waals surface area contributed by atoms with Gasteiger partial charge in [0, 0.05) is 5.70 Å². The molecule has 3 rings (SSSR count). The smallest absolute Gasteiger partial charge is 0.337 e. The first-order valence-corrected chi connectivity index (χ1v) is 9.66. The van der Waals surface area contributed by atoms with Gasteiger partial charge >= 0.3 is 5.97 Å². The lowest BCUT2D eigenvalue weighted by Gasteiger charge is -2.37. The lowest BCUT2D eigenvalue weighted by molar-refractivity contribution is -0.136. The number of allylic oxidation sites excluding steroid dienone is 1. The number of halogens is 1. The molecule has 0 fully saturated rings. The van der Waals surface area contributed by atoms with E-state index in [2.05, 4.69) is 5.32 Å². The number of methoxy groups -OCH3 is 1. The molecular weight excluding hydrogens is 391 g/mol. The number of thiocarbonyl (C=S) groups is 1. The molecule has 29 heavy (non-hydrogen) atoms. The Morgan fingerprint density at radius 2 is 1.90 bits per heavy atom. The number of nitrogens with zero attached hydrogens (tertiary/aromatic N) is 1. The summed E-state index contributed by atoms with van der Waals surface area (Å²) in [6, 6.07) is 11.8. The lowest BCUT2D eigenvalue weighted by atomic mass is 9.94. The van der Waals surface area contributed by atoms with E-state index >= 15 is 0 Å². The third-order valence-corrected chi connectivity index (χ3v) is 5.13. The largest absolute Gasteiger partial charge is 0.494 e. The molecule has 0 aliphatic carbocycles. The van der Waals surface area contributed by atoms with Crippen LogP contribution in [0, 0.1) is 12.7 Å². The second kappa shape index (κ2) is 8.61. The minimum atomic E-state index is -0.489. The van der Waals surface area contributed by atoms with Crippen molar-refractivity contribution in [3.05, 3.63) is 70.7 Å². The highest BCUT2D eigenvalue weighted by molar-refractivity contribution is 7.80. The highest BCUT2D eigenvalue weighted by atomic mass is 32.1. The van der Waals surface area contributed by atoms with Crippen molar-refractivity contribution >= 4 is 29.0 Å². The minimum Gasteiger partial charge on any atom is -0.494 e. The van der Waals surface area contributed by atoms with Crippen LogP contribution in [0.1, 0.15) is 31.0 Å². The standard InChI is InChI=1S/C22H23FN2O3S/c1-5-28-17-10-7-15(8-11-17)20-19(21(26)27-4)14(3)25(22(29)24-20)16-9-6-13(2)18(23)12-16/h6-12,20H,5H2,1-4H3,(H,24,29). The van der Waals surface area contributed by atoms with Gasteiger partial charge in [0.25, 0.3) is 0 Å². The molecule has 1 heterocycles. The molecular formula is C22H23FN2O3S. The van der Waals surface area contributed by atoms with Gasteiger partial charge in [0.15, 0.2) is 5.11 Å². The van der Waals surface area contributed by atoms with Gasteiger partial charge in [-0.2, -0.15) is 0 Å². The number of anilines is 1. The fourth-order valence-electron chi connectivity index (χ4n) is 3.32. The first-order valence-electron chi connectivity index (χ1n) is 9.26. The summed E-state index contributed by atoms with van der Waals surface area (Å²) in [6.07, 6.45) is 0. The Kier molecular flexibility index (Phi) is 6.17. The van der Waals surface area contributed by atoms with E-state index in [1.165, 1.54) is 13.2 Å². The van der Waals surface area contributed by atoms with Gasteiger partial charge in [0.05, 0.1) is 31.0 Å². The molecule has 0 saturated heterocycles. The highest BCUT2D eigenvalue weighted by Gasteiger charge is 2.35. The number of nitrogens with one attached hydrogen (secondary N) is 1. The Bertz CT molecular complexity index is 973. The Morgan fingerprint density at radius 3 is 2.48 bits per heavy atom. The van der Waals surface area contributed by atoms with Crippen LogP contribution in [0.15, 0.2) is 53.7 Å². The summed E-state index contributed by atoms with van der Waals surface area (Å²) in [7, 11) is 1.33. The number of esters is 1. The molecule has 0 radical (unpaired) electrons. The van der Waals surface area contributed by atoms with Crippen molar-refractivity contribution in [1.82, 2.24) is 5.32 Å². The number of carbonyl (C=O) groups excluding carboxylic acids is 1. The lowest BCUT2D eigenvalue weighted by Crippen LogP contribution is -2.48. The second-order valence-electron chi connectivity index (χ2n) is 6.64. The Labute approximate surface area is 175 Å². The molecule has 5 nitrogen and oxygen atoms in total. The van der Waals surface area contributed by atoms with Crippen LogP contribution in [-0.4, -0.2) is 24.8 Å². The van der Waals surface area contributed by atoms with Crippen LogP contribution in [0.5, 0.6) is 5.75 Å². The van der Waals surface area contributed by atoms with Crippen LogP contribution in [-0.2, 0) is 9.53 Å². The van der Waals surface area contributed by atoms with Crippen molar-refractivity contribution in [1.29, 1.82) is 0 Å². The van der Waals surface area contributed by atoms with Crippen LogP contribution in [0.25, 0.3) is 0 Å². The highest BCUT2D eigenvalue weighted by Crippen LogP contribution is 2.35. The molecule has 0 bridgehead atoms. The topological polar surface area (TPSA) is 50.8 Å². The van der Waals surface area contributed by atoms with Crippen molar-refractivity contribution in [2.24, 2.45) is 0 Å². The van der Waals surface area contributed by atoms with Gasteiger partial charge in [-0.15, -0.1) is 0 Å². The SMILES string of the molecule is CCOc1ccc(C2NC(=S)N(c3ccc(C)c(F)c3)C(C)=C2C(=O)OC)cc1. The molecule has 0 saturated carbocycles. The summed E-state index contributed by atoms with van der Waals surface area (Å²) in [6.45, 7) is 5.95. The van der Waals surface area contributed by atoms with E-state index in [-0.39, 0.29) is 5.82 Å². The molecule has 0 spiro atoms. The third-order valence-electron chi connectivity index (χ3n) is 4.83. The summed E-state index contributed by atoms with van der Waals surface area (Å²) in [5.41, 5.74) is 2.90. The fourth-order valence-corrected chi connectivity index (χ4v) is 3.68. The summed E-state index contributed by atoms with van der Waals surface area (Å²) < 4.78 is 24.7. The zero-order valence-corrected chi connectivity index (χ0v) is 17.6. The second-order valence-corrected chi connectivity index (χ2v) is 7.03. The maximum Gasteiger partial charge on any atom is 0.337 e. The van der Waals surface area contributed by atoms with Crippen LogP contribution < -0.4 is 15.0 Å². The molecule has 0 aromatic heterocycles. The van der Waals surface area contributed by atoms with Crippen LogP contribution in [0.3, 0.4) is 0 Å². The van der Waals surface area contributed by atoms with Crippen LogP contribution >= 0.6 is 12.2 Å². The van der Waals surface area contributed by atoms with Gasteiger partial charge in [-0.05, 0) is 68.4 Å². The molecule has 1 aliphatic heterocycles. The number of hydrogen-bond donors (Lipinski definition) is 1. The Balaban J connectivity index is 2.07. The number of ether oxygens (including phenoxy) is 2. The average molecular weight is 415 g/mol.